The van der Waals surface area contributed by atoms with E-state index in [1.807, 2.05) is 13.0 Å². The molecule has 6 nitrogen and oxygen atoms in total. The highest BCUT2D eigenvalue weighted by atomic mass is 127. The van der Waals surface area contributed by atoms with E-state index in [4.69, 9.17) is 23.2 Å². The quantitative estimate of drug-likeness (QED) is 0.291. The molecule has 0 atom stereocenters. The van der Waals surface area contributed by atoms with Crippen LogP contribution in [0.15, 0.2) is 29.4 Å². The number of nitrogens with zero attached hydrogens (tertiary/aromatic N) is 2. The highest BCUT2D eigenvalue weighted by molar-refractivity contribution is 14.0. The molecule has 144 valence electrons. The molecule has 11 heteroatoms. The highest BCUT2D eigenvalue weighted by Crippen LogP contribution is 2.34. The van der Waals surface area contributed by atoms with Crippen molar-refractivity contribution in [3.05, 3.63) is 45.7 Å². The number of hydrogen-bond acceptors (Lipinski definition) is 3. The largest absolute Gasteiger partial charge is 0.433 e. The molecule has 0 amide bonds. The Morgan fingerprint density at radius 1 is 1.35 bits per heavy atom. The molecule has 0 aliphatic carbocycles. The van der Waals surface area contributed by atoms with Gasteiger partial charge in [-0.2, -0.15) is 13.9 Å². The molecule has 0 unspecified atom stereocenters. The summed E-state index contributed by atoms with van der Waals surface area (Å²) in [6.07, 6.45) is 1.64. The summed E-state index contributed by atoms with van der Waals surface area (Å²) in [6, 6.07) is 4.66. The zero-order chi connectivity index (χ0) is 18.2. The molecule has 1 heterocycles. The minimum atomic E-state index is -2.99. The second-order valence-corrected chi connectivity index (χ2v) is 5.73. The van der Waals surface area contributed by atoms with Crippen LogP contribution in [0.5, 0.6) is 5.75 Å². The average molecular weight is 520 g/mol. The predicted octanol–water partition coefficient (Wildman–Crippen LogP) is 4.19. The van der Waals surface area contributed by atoms with Gasteiger partial charge in [0, 0.05) is 23.3 Å². The third-order valence-corrected chi connectivity index (χ3v) is 3.55. The van der Waals surface area contributed by atoms with Crippen LogP contribution in [0.3, 0.4) is 0 Å². The van der Waals surface area contributed by atoms with Crippen LogP contribution in [0.1, 0.15) is 18.2 Å². The van der Waals surface area contributed by atoms with Gasteiger partial charge in [0.25, 0.3) is 0 Å². The van der Waals surface area contributed by atoms with Crippen LogP contribution in [0.25, 0.3) is 0 Å². The van der Waals surface area contributed by atoms with Crippen molar-refractivity contribution in [3.63, 3.8) is 0 Å². The van der Waals surface area contributed by atoms with Crippen molar-refractivity contribution in [2.24, 2.45) is 4.99 Å². The number of halogens is 5. The van der Waals surface area contributed by atoms with E-state index in [9.17, 15) is 8.78 Å². The number of ether oxygens (including phenoxy) is 1. The van der Waals surface area contributed by atoms with Gasteiger partial charge >= 0.3 is 6.61 Å². The Morgan fingerprint density at radius 3 is 2.73 bits per heavy atom. The summed E-state index contributed by atoms with van der Waals surface area (Å²) in [5, 5.41) is 13.1. The smallest absolute Gasteiger partial charge is 0.387 e. The minimum absolute atomic E-state index is 0. The van der Waals surface area contributed by atoms with Crippen molar-refractivity contribution in [1.29, 1.82) is 0 Å². The number of aromatic nitrogens is 2. The Hall–Kier alpha value is -1.33. The Kier molecular flexibility index (Phi) is 9.96. The predicted molar refractivity (Wildman–Crippen MR) is 109 cm³/mol. The Bertz CT molecular complexity index is 716. The molecular formula is C15H18Cl2F2IN5O. The first kappa shape index (κ1) is 22.7. The molecular weight excluding hydrogens is 502 g/mol. The SMILES string of the molecule is CCNC(=NCc1cc(Cl)cc(Cl)c1OC(F)F)NCc1ccn[nH]1.I. The van der Waals surface area contributed by atoms with E-state index in [0.717, 1.165) is 5.69 Å². The van der Waals surface area contributed by atoms with Gasteiger partial charge in [-0.05, 0) is 25.1 Å². The van der Waals surface area contributed by atoms with Gasteiger partial charge in [0.2, 0.25) is 0 Å². The fraction of sp³-hybridized carbons (Fsp3) is 0.333. The summed E-state index contributed by atoms with van der Waals surface area (Å²) in [6.45, 7) is 0.0806. The minimum Gasteiger partial charge on any atom is -0.433 e. The van der Waals surface area contributed by atoms with Crippen LogP contribution in [-0.4, -0.2) is 29.3 Å². The number of benzene rings is 1. The van der Waals surface area contributed by atoms with E-state index in [0.29, 0.717) is 29.6 Å². The van der Waals surface area contributed by atoms with Crippen LogP contribution >= 0.6 is 47.2 Å². The Balaban J connectivity index is 0.00000338. The van der Waals surface area contributed by atoms with Gasteiger partial charge < -0.3 is 15.4 Å². The number of H-pyrrole nitrogens is 1. The van der Waals surface area contributed by atoms with E-state index >= 15 is 0 Å². The highest BCUT2D eigenvalue weighted by Gasteiger charge is 2.15. The molecule has 0 aliphatic rings. The van der Waals surface area contributed by atoms with Crippen molar-refractivity contribution in [3.8, 4) is 5.75 Å². The maximum Gasteiger partial charge on any atom is 0.387 e. The number of aliphatic imine (C=N–C) groups is 1. The van der Waals surface area contributed by atoms with Gasteiger partial charge in [-0.1, -0.05) is 23.2 Å². The molecule has 0 fully saturated rings. The van der Waals surface area contributed by atoms with E-state index in [-0.39, 0.29) is 41.3 Å². The molecule has 2 rings (SSSR count). The molecule has 0 bridgehead atoms. The third kappa shape index (κ3) is 7.12. The Morgan fingerprint density at radius 2 is 2.12 bits per heavy atom. The first-order valence-corrected chi connectivity index (χ1v) is 8.18. The zero-order valence-electron chi connectivity index (χ0n) is 13.7. The summed E-state index contributed by atoms with van der Waals surface area (Å²) in [5.74, 6) is 0.366. The van der Waals surface area contributed by atoms with Gasteiger partial charge in [0.15, 0.2) is 5.96 Å². The van der Waals surface area contributed by atoms with Crippen LogP contribution in [-0.2, 0) is 13.1 Å². The van der Waals surface area contributed by atoms with Crippen molar-refractivity contribution >= 4 is 53.1 Å². The molecule has 0 spiro atoms. The summed E-state index contributed by atoms with van der Waals surface area (Å²) in [5.41, 5.74) is 1.23. The van der Waals surface area contributed by atoms with Crippen molar-refractivity contribution in [2.45, 2.75) is 26.6 Å². The molecule has 1 aromatic carbocycles. The van der Waals surface area contributed by atoms with Gasteiger partial charge in [-0.15, -0.1) is 24.0 Å². The number of aromatic amines is 1. The van der Waals surface area contributed by atoms with Gasteiger partial charge in [0.05, 0.1) is 23.8 Å². The number of hydrogen-bond donors (Lipinski definition) is 3. The molecule has 26 heavy (non-hydrogen) atoms. The normalized spacial score (nSPS) is 11.2. The van der Waals surface area contributed by atoms with Crippen LogP contribution < -0.4 is 15.4 Å². The fourth-order valence-corrected chi connectivity index (χ4v) is 2.60. The lowest BCUT2D eigenvalue weighted by Crippen LogP contribution is -2.36. The van der Waals surface area contributed by atoms with E-state index in [1.54, 1.807) is 6.20 Å². The average Bonchev–Trinajstić information content (AvgIpc) is 3.06. The molecule has 1 aromatic heterocycles. The lowest BCUT2D eigenvalue weighted by Gasteiger charge is -2.14. The third-order valence-electron chi connectivity index (χ3n) is 3.05. The summed E-state index contributed by atoms with van der Waals surface area (Å²) in [7, 11) is 0. The monoisotopic (exact) mass is 519 g/mol. The van der Waals surface area contributed by atoms with Gasteiger partial charge in [-0.25, -0.2) is 4.99 Å². The number of alkyl halides is 2. The standard InChI is InChI=1S/C15H17Cl2F2N5O.HI/c1-2-20-15(22-8-11-3-4-23-24-11)21-7-9-5-10(16)6-12(17)13(9)25-14(18)19;/h3-6,14H,2,7-8H2,1H3,(H,23,24)(H2,20,21,22);1H. The molecule has 0 saturated carbocycles. The molecule has 3 N–H and O–H groups in total. The summed E-state index contributed by atoms with van der Waals surface area (Å²) >= 11 is 11.9. The van der Waals surface area contributed by atoms with Crippen molar-refractivity contribution in [1.82, 2.24) is 20.8 Å². The number of rotatable bonds is 7. The fourth-order valence-electron chi connectivity index (χ4n) is 2.02. The second-order valence-electron chi connectivity index (χ2n) is 4.88. The van der Waals surface area contributed by atoms with Gasteiger partial charge in [-0.3, -0.25) is 5.10 Å². The lowest BCUT2D eigenvalue weighted by molar-refractivity contribution is -0.0503. The topological polar surface area (TPSA) is 74.3 Å². The zero-order valence-corrected chi connectivity index (χ0v) is 17.6. The maximum atomic E-state index is 12.6. The lowest BCUT2D eigenvalue weighted by atomic mass is 10.2. The second kappa shape index (κ2) is 11.4. The number of guanidine groups is 1. The molecule has 0 radical (unpaired) electrons. The summed E-state index contributed by atoms with van der Waals surface area (Å²) in [4.78, 5) is 4.35. The Labute approximate surface area is 176 Å². The first-order chi connectivity index (χ1) is 12.0. The van der Waals surface area contributed by atoms with Crippen molar-refractivity contribution < 1.29 is 13.5 Å². The number of nitrogens with one attached hydrogen (secondary N) is 3. The molecule has 0 aliphatic heterocycles. The van der Waals surface area contributed by atoms with E-state index < -0.39 is 6.61 Å². The van der Waals surface area contributed by atoms with Gasteiger partial charge in [0.1, 0.15) is 5.75 Å². The van der Waals surface area contributed by atoms with E-state index in [1.165, 1.54) is 12.1 Å². The van der Waals surface area contributed by atoms with Crippen LogP contribution in [0.2, 0.25) is 10.0 Å². The maximum absolute atomic E-state index is 12.6. The van der Waals surface area contributed by atoms with Crippen LogP contribution in [0, 0.1) is 0 Å². The molecule has 2 aromatic rings. The van der Waals surface area contributed by atoms with E-state index in [2.05, 4.69) is 30.6 Å². The van der Waals surface area contributed by atoms with Crippen molar-refractivity contribution in [2.75, 3.05) is 6.54 Å². The summed E-state index contributed by atoms with van der Waals surface area (Å²) < 4.78 is 29.7. The molecule has 0 saturated heterocycles. The van der Waals surface area contributed by atoms with Crippen LogP contribution in [0.4, 0.5) is 8.78 Å². The first-order valence-electron chi connectivity index (χ1n) is 7.42.